The van der Waals surface area contributed by atoms with Gasteiger partial charge < -0.3 is 14.6 Å². The number of amides is 1. The van der Waals surface area contributed by atoms with Gasteiger partial charge >= 0.3 is 5.69 Å². The Balaban J connectivity index is 1.97. The number of nitrogens with one attached hydrogen (secondary N) is 1. The van der Waals surface area contributed by atoms with Gasteiger partial charge in [0.05, 0.1) is 23.8 Å². The zero-order valence-corrected chi connectivity index (χ0v) is 16.6. The molecule has 0 heterocycles. The first-order valence-electron chi connectivity index (χ1n) is 8.73. The number of nitro groups is 1. The Morgan fingerprint density at radius 2 is 1.90 bits per heavy atom. The van der Waals surface area contributed by atoms with Crippen molar-refractivity contribution in [3.63, 3.8) is 0 Å². The van der Waals surface area contributed by atoms with Gasteiger partial charge in [0.15, 0.2) is 12.4 Å². The number of ether oxygens (including phenoxy) is 2. The van der Waals surface area contributed by atoms with Crippen molar-refractivity contribution < 1.29 is 24.3 Å². The fourth-order valence-corrected chi connectivity index (χ4v) is 2.48. The van der Waals surface area contributed by atoms with Crippen molar-refractivity contribution in [1.82, 2.24) is 5.43 Å². The van der Waals surface area contributed by atoms with Gasteiger partial charge in [-0.05, 0) is 35.2 Å². The minimum Gasteiger partial charge on any atom is -0.504 e. The number of phenolic OH excluding ortho intramolecular Hbond substituents is 1. The summed E-state index contributed by atoms with van der Waals surface area (Å²) in [5, 5.41) is 24.6. The number of hydrogen-bond donors (Lipinski definition) is 2. The molecule has 0 fully saturated rings. The molecule has 0 bridgehead atoms. The zero-order chi connectivity index (χ0) is 21.6. The number of carbonyl (C=O) groups excluding carboxylic acids is 1. The van der Waals surface area contributed by atoms with Crippen molar-refractivity contribution >= 4 is 17.8 Å². The van der Waals surface area contributed by atoms with Crippen LogP contribution in [0.25, 0.3) is 0 Å². The first-order valence-corrected chi connectivity index (χ1v) is 8.73. The minimum atomic E-state index is -0.702. The molecule has 2 aromatic rings. The molecule has 154 valence electrons. The van der Waals surface area contributed by atoms with Crippen LogP contribution < -0.4 is 14.9 Å². The van der Waals surface area contributed by atoms with Gasteiger partial charge in [0.25, 0.3) is 5.91 Å². The summed E-state index contributed by atoms with van der Waals surface area (Å²) in [4.78, 5) is 22.4. The molecule has 0 aliphatic rings. The fourth-order valence-electron chi connectivity index (χ4n) is 2.48. The van der Waals surface area contributed by atoms with Gasteiger partial charge in [-0.2, -0.15) is 5.10 Å². The average molecular weight is 401 g/mol. The maximum Gasteiger partial charge on any atom is 0.323 e. The van der Waals surface area contributed by atoms with Crippen molar-refractivity contribution in [2.75, 3.05) is 13.7 Å². The number of hydrazone groups is 1. The number of nitrogens with zero attached hydrogens (tertiary/aromatic N) is 2. The molecule has 2 N–H and O–H groups in total. The van der Waals surface area contributed by atoms with Crippen LogP contribution >= 0.6 is 0 Å². The average Bonchev–Trinajstić information content (AvgIpc) is 2.66. The molecule has 0 unspecified atom stereocenters. The zero-order valence-electron chi connectivity index (χ0n) is 16.6. The molecular weight excluding hydrogens is 378 g/mol. The van der Waals surface area contributed by atoms with Crippen LogP contribution in [0.2, 0.25) is 0 Å². The van der Waals surface area contributed by atoms with Crippen molar-refractivity contribution in [2.45, 2.75) is 26.2 Å². The smallest absolute Gasteiger partial charge is 0.323 e. The maximum atomic E-state index is 11.9. The number of methoxy groups -OCH3 is 1. The summed E-state index contributed by atoms with van der Waals surface area (Å²) in [6, 6.07) is 9.95. The highest BCUT2D eigenvalue weighted by molar-refractivity contribution is 5.89. The second-order valence-electron chi connectivity index (χ2n) is 7.17. The lowest BCUT2D eigenvalue weighted by molar-refractivity contribution is -0.386. The van der Waals surface area contributed by atoms with E-state index in [9.17, 15) is 20.0 Å². The molecule has 2 rings (SSSR count). The number of aromatic hydroxyl groups is 1. The Morgan fingerprint density at radius 1 is 1.24 bits per heavy atom. The highest BCUT2D eigenvalue weighted by Crippen LogP contribution is 2.37. The van der Waals surface area contributed by atoms with E-state index >= 15 is 0 Å². The second kappa shape index (κ2) is 9.05. The van der Waals surface area contributed by atoms with Crippen LogP contribution in [0.3, 0.4) is 0 Å². The van der Waals surface area contributed by atoms with Crippen molar-refractivity contribution in [1.29, 1.82) is 0 Å². The number of phenols is 1. The molecule has 9 nitrogen and oxygen atoms in total. The summed E-state index contributed by atoms with van der Waals surface area (Å²) < 4.78 is 10.3. The monoisotopic (exact) mass is 401 g/mol. The Bertz CT molecular complexity index is 917. The molecule has 0 atom stereocenters. The Hall–Kier alpha value is -3.62. The van der Waals surface area contributed by atoms with Gasteiger partial charge in [0.1, 0.15) is 5.75 Å². The predicted octanol–water partition coefficient (Wildman–Crippen LogP) is 3.14. The largest absolute Gasteiger partial charge is 0.504 e. The van der Waals surface area contributed by atoms with E-state index in [4.69, 9.17) is 9.47 Å². The quantitative estimate of drug-likeness (QED) is 0.417. The lowest BCUT2D eigenvalue weighted by Gasteiger charge is -2.19. The van der Waals surface area contributed by atoms with Gasteiger partial charge in [-0.1, -0.05) is 32.9 Å². The van der Waals surface area contributed by atoms with Gasteiger partial charge in [-0.15, -0.1) is 0 Å². The summed E-state index contributed by atoms with van der Waals surface area (Å²) in [7, 11) is 1.20. The topological polar surface area (TPSA) is 123 Å². The number of nitro benzene ring substituents is 1. The van der Waals surface area contributed by atoms with Gasteiger partial charge in [0, 0.05) is 0 Å². The molecule has 1 amide bonds. The third kappa shape index (κ3) is 5.68. The summed E-state index contributed by atoms with van der Waals surface area (Å²) in [6.45, 7) is 6.03. The van der Waals surface area contributed by atoms with Crippen LogP contribution in [0.15, 0.2) is 41.5 Å². The van der Waals surface area contributed by atoms with Crippen LogP contribution in [0.1, 0.15) is 31.9 Å². The molecule has 0 aromatic heterocycles. The molecule has 9 heteroatoms. The van der Waals surface area contributed by atoms with E-state index in [1.807, 2.05) is 12.1 Å². The van der Waals surface area contributed by atoms with Gasteiger partial charge in [-0.25, -0.2) is 5.43 Å². The van der Waals surface area contributed by atoms with Crippen LogP contribution in [0.5, 0.6) is 17.2 Å². The van der Waals surface area contributed by atoms with E-state index in [1.54, 1.807) is 12.1 Å². The van der Waals surface area contributed by atoms with Crippen molar-refractivity contribution in [2.24, 2.45) is 5.10 Å². The van der Waals surface area contributed by atoms with Crippen LogP contribution in [0.4, 0.5) is 5.69 Å². The Labute approximate surface area is 168 Å². The molecule has 0 spiro atoms. The van der Waals surface area contributed by atoms with Crippen LogP contribution in [-0.2, 0) is 10.2 Å². The third-order valence-corrected chi connectivity index (χ3v) is 4.01. The third-order valence-electron chi connectivity index (χ3n) is 4.01. The number of carbonyl (C=O) groups is 1. The van der Waals surface area contributed by atoms with Crippen LogP contribution in [0, 0.1) is 10.1 Å². The fraction of sp³-hybridized carbons (Fsp3) is 0.300. The molecule has 2 aromatic carbocycles. The minimum absolute atomic E-state index is 0.0180. The highest BCUT2D eigenvalue weighted by Gasteiger charge is 2.23. The van der Waals surface area contributed by atoms with E-state index in [1.165, 1.54) is 19.2 Å². The SMILES string of the molecule is COc1c(O)ccc(C=NNC(=O)COc2ccc(C(C)(C)C)cc2)c1[N+](=O)[O-]. The Morgan fingerprint density at radius 3 is 2.45 bits per heavy atom. The molecule has 0 radical (unpaired) electrons. The lowest BCUT2D eigenvalue weighted by atomic mass is 9.87. The molecule has 0 aliphatic heterocycles. The van der Waals surface area contributed by atoms with Crippen molar-refractivity contribution in [3.8, 4) is 17.2 Å². The highest BCUT2D eigenvalue weighted by atomic mass is 16.6. The van der Waals surface area contributed by atoms with E-state index in [0.717, 1.165) is 11.8 Å². The lowest BCUT2D eigenvalue weighted by Crippen LogP contribution is -2.24. The summed E-state index contributed by atoms with van der Waals surface area (Å²) in [5.74, 6) is -0.649. The van der Waals surface area contributed by atoms with Crippen molar-refractivity contribution in [3.05, 3.63) is 57.6 Å². The molecule has 0 aliphatic carbocycles. The molecule has 0 saturated heterocycles. The number of rotatable bonds is 7. The van der Waals surface area contributed by atoms with E-state index < -0.39 is 16.5 Å². The summed E-state index contributed by atoms with van der Waals surface area (Å²) in [5.41, 5.74) is 3.00. The Kier molecular flexibility index (Phi) is 6.76. The molecular formula is C20H23N3O6. The van der Waals surface area contributed by atoms with Crippen LogP contribution in [-0.4, -0.2) is 35.9 Å². The van der Waals surface area contributed by atoms with E-state index in [-0.39, 0.29) is 29.1 Å². The first-order chi connectivity index (χ1) is 13.6. The predicted molar refractivity (Wildman–Crippen MR) is 108 cm³/mol. The standard InChI is InChI=1S/C20H23N3O6/c1-20(2,3)14-6-8-15(9-7-14)29-12-17(25)22-21-11-13-5-10-16(24)19(28-4)18(13)23(26)27/h5-11,24H,12H2,1-4H3,(H,22,25). The maximum absolute atomic E-state index is 11.9. The molecule has 0 saturated carbocycles. The van der Waals surface area contributed by atoms with E-state index in [2.05, 4.69) is 31.3 Å². The second-order valence-corrected chi connectivity index (χ2v) is 7.17. The summed E-state index contributed by atoms with van der Waals surface area (Å²) >= 11 is 0. The summed E-state index contributed by atoms with van der Waals surface area (Å²) in [6.07, 6.45) is 1.09. The number of hydrogen-bond acceptors (Lipinski definition) is 7. The number of benzene rings is 2. The van der Waals surface area contributed by atoms with E-state index in [0.29, 0.717) is 5.75 Å². The normalized spacial score (nSPS) is 11.3. The first kappa shape index (κ1) is 21.7. The van der Waals surface area contributed by atoms with Gasteiger partial charge in [-0.3, -0.25) is 14.9 Å². The van der Waals surface area contributed by atoms with Gasteiger partial charge in [0.2, 0.25) is 5.75 Å². The molecule has 29 heavy (non-hydrogen) atoms.